The summed E-state index contributed by atoms with van der Waals surface area (Å²) in [7, 11) is 0. The topological polar surface area (TPSA) is 13.8 Å². The van der Waals surface area contributed by atoms with Crippen molar-refractivity contribution >= 4 is 120 Å². The highest BCUT2D eigenvalue weighted by molar-refractivity contribution is 6.33. The molecule has 0 N–H and O–H groups in total. The minimum absolute atomic E-state index is 0.0255. The molecule has 0 fully saturated rings. The van der Waals surface area contributed by atoms with Gasteiger partial charge >= 0.3 is 0 Å². The van der Waals surface area contributed by atoms with Crippen LogP contribution in [0.5, 0.6) is 0 Å². The second-order valence-corrected chi connectivity index (χ2v) is 21.4. The first kappa shape index (κ1) is 37.4. The highest BCUT2D eigenvalue weighted by Crippen LogP contribution is 2.50. The van der Waals surface area contributed by atoms with Gasteiger partial charge in [0, 0.05) is 65.1 Å². The number of aromatic nitrogens is 3. The van der Waals surface area contributed by atoms with Crippen LogP contribution in [0.15, 0.2) is 176 Å². The molecule has 0 aliphatic heterocycles. The summed E-state index contributed by atoms with van der Waals surface area (Å²) in [5, 5.41) is 18.2. The van der Waals surface area contributed by atoms with Gasteiger partial charge in [-0.15, -0.1) is 0 Å². The molecule has 5 heterocycles. The van der Waals surface area contributed by atoms with Crippen LogP contribution < -0.4 is 0 Å². The number of benzene rings is 10. The van der Waals surface area contributed by atoms with Gasteiger partial charge in [-0.25, -0.2) is 0 Å². The lowest BCUT2D eigenvalue weighted by atomic mass is 9.84. The average Bonchev–Trinajstić information content (AvgIpc) is 4.12. The molecule has 0 unspecified atom stereocenters. The molecule has 0 bridgehead atoms. The predicted octanol–water partition coefficient (Wildman–Crippen LogP) is 17.7. The van der Waals surface area contributed by atoms with E-state index in [9.17, 15) is 0 Å². The molecule has 3 nitrogen and oxygen atoms in total. The summed E-state index contributed by atoms with van der Waals surface area (Å²) in [6.07, 6.45) is 0. The fourth-order valence-electron chi connectivity index (χ4n) is 12.2. The Bertz CT molecular complexity index is 4620. The monoisotopic (exact) mass is 857 g/mol. The van der Waals surface area contributed by atoms with E-state index in [1.807, 2.05) is 0 Å². The van der Waals surface area contributed by atoms with Crippen molar-refractivity contribution in [2.45, 2.75) is 52.4 Å². The molecule has 0 aliphatic carbocycles. The molecule has 0 radical (unpaired) electrons. The summed E-state index contributed by atoms with van der Waals surface area (Å²) in [5.41, 5.74) is 16.4. The first-order chi connectivity index (χ1) is 32.5. The minimum atomic E-state index is -0.0620. The molecule has 15 aromatic rings. The molecule has 3 heteroatoms. The van der Waals surface area contributed by atoms with E-state index in [1.54, 1.807) is 0 Å². The number of fused-ring (bicyclic) bond motifs is 18. The largest absolute Gasteiger partial charge is 0.309 e. The lowest BCUT2D eigenvalue weighted by Gasteiger charge is -2.19. The van der Waals surface area contributed by atoms with Crippen molar-refractivity contribution in [3.05, 3.63) is 187 Å². The van der Waals surface area contributed by atoms with E-state index in [0.717, 1.165) is 0 Å². The van der Waals surface area contributed by atoms with Crippen molar-refractivity contribution in [3.8, 4) is 16.8 Å². The molecule has 0 amide bonds. The minimum Gasteiger partial charge on any atom is -0.309 e. The van der Waals surface area contributed by atoms with E-state index in [2.05, 4.69) is 231 Å². The lowest BCUT2D eigenvalue weighted by molar-refractivity contribution is 0.591. The standard InChI is InChI=1S/C64H47N3/c1-63(2,3)40-30-50-47-26-36-16-10-11-17-37(36)29-56(47)66-57-34-49-52-32-41(64(4,5)6)33-53-59-43-21-13-12-18-38(43)27-45(62(59)67(61(52)53)58(49)35-48(57)51(31-40)60(50)66)39-24-25-55-46(28-39)44-22-14-15-23-54(44)65(55)42-19-8-7-9-20-42/h7-35H,1-6H3. The number of hydrogen-bond acceptors (Lipinski definition) is 0. The number of nitrogens with zero attached hydrogens (tertiary/aromatic N) is 3. The van der Waals surface area contributed by atoms with Crippen LogP contribution in [0.1, 0.15) is 52.7 Å². The van der Waals surface area contributed by atoms with Crippen molar-refractivity contribution < 1.29 is 0 Å². The average molecular weight is 858 g/mol. The van der Waals surface area contributed by atoms with Crippen LogP contribution in [0, 0.1) is 0 Å². The van der Waals surface area contributed by atoms with Crippen LogP contribution in [-0.2, 0) is 10.8 Å². The van der Waals surface area contributed by atoms with Crippen molar-refractivity contribution in [1.29, 1.82) is 0 Å². The van der Waals surface area contributed by atoms with Gasteiger partial charge in [0.15, 0.2) is 0 Å². The Hall–Kier alpha value is -7.88. The number of para-hydroxylation sites is 2. The maximum absolute atomic E-state index is 2.66. The van der Waals surface area contributed by atoms with E-state index in [4.69, 9.17) is 0 Å². The smallest absolute Gasteiger partial charge is 0.0626 e. The third-order valence-corrected chi connectivity index (χ3v) is 15.5. The van der Waals surface area contributed by atoms with Crippen molar-refractivity contribution in [1.82, 2.24) is 13.4 Å². The van der Waals surface area contributed by atoms with Crippen molar-refractivity contribution in [2.75, 3.05) is 0 Å². The lowest BCUT2D eigenvalue weighted by Crippen LogP contribution is -2.10. The maximum Gasteiger partial charge on any atom is 0.0626 e. The van der Waals surface area contributed by atoms with Crippen LogP contribution in [0.3, 0.4) is 0 Å². The molecular weight excluding hydrogens is 811 g/mol. The summed E-state index contributed by atoms with van der Waals surface area (Å²) in [4.78, 5) is 0. The van der Waals surface area contributed by atoms with Gasteiger partial charge in [-0.1, -0.05) is 133 Å². The Balaban J connectivity index is 1.13. The summed E-state index contributed by atoms with van der Waals surface area (Å²) < 4.78 is 7.66. The van der Waals surface area contributed by atoms with E-state index in [0.29, 0.717) is 0 Å². The van der Waals surface area contributed by atoms with E-state index in [-0.39, 0.29) is 10.8 Å². The molecule has 0 saturated carbocycles. The second kappa shape index (κ2) is 12.5. The third-order valence-electron chi connectivity index (χ3n) is 15.5. The summed E-state index contributed by atoms with van der Waals surface area (Å²) in [5.74, 6) is 0. The molecule has 5 aromatic heterocycles. The van der Waals surface area contributed by atoms with Gasteiger partial charge in [0.2, 0.25) is 0 Å². The molecule has 10 aromatic carbocycles. The van der Waals surface area contributed by atoms with Crippen LogP contribution in [-0.4, -0.2) is 13.4 Å². The van der Waals surface area contributed by atoms with E-state index in [1.165, 1.54) is 147 Å². The van der Waals surface area contributed by atoms with Crippen LogP contribution in [0.25, 0.3) is 136 Å². The second-order valence-electron chi connectivity index (χ2n) is 21.4. The maximum atomic E-state index is 2.66. The number of hydrogen-bond donors (Lipinski definition) is 0. The molecule has 0 aliphatic rings. The Morgan fingerprint density at radius 1 is 0.313 bits per heavy atom. The van der Waals surface area contributed by atoms with Crippen LogP contribution >= 0.6 is 0 Å². The molecule has 318 valence electrons. The van der Waals surface area contributed by atoms with Gasteiger partial charge in [-0.2, -0.15) is 0 Å². The molecule has 0 spiro atoms. The third kappa shape index (κ3) is 4.86. The quantitative estimate of drug-likeness (QED) is 0.164. The van der Waals surface area contributed by atoms with E-state index < -0.39 is 0 Å². The molecular formula is C64H47N3. The van der Waals surface area contributed by atoms with Gasteiger partial charge in [0.1, 0.15) is 0 Å². The fraction of sp³-hybridized carbons (Fsp3) is 0.125. The Morgan fingerprint density at radius 3 is 1.51 bits per heavy atom. The Labute approximate surface area is 387 Å². The summed E-state index contributed by atoms with van der Waals surface area (Å²) in [6.45, 7) is 14.1. The normalized spacial score (nSPS) is 13.2. The first-order valence-electron chi connectivity index (χ1n) is 23.8. The van der Waals surface area contributed by atoms with E-state index >= 15 is 0 Å². The van der Waals surface area contributed by atoms with Gasteiger partial charge in [-0.3, -0.25) is 0 Å². The highest BCUT2D eigenvalue weighted by Gasteiger charge is 2.29. The van der Waals surface area contributed by atoms with Gasteiger partial charge in [-0.05, 0) is 134 Å². The van der Waals surface area contributed by atoms with Gasteiger partial charge in [0.05, 0.1) is 44.1 Å². The first-order valence-corrected chi connectivity index (χ1v) is 23.8. The summed E-state index contributed by atoms with van der Waals surface area (Å²) in [6, 6.07) is 67.1. The Kier molecular flexibility index (Phi) is 6.97. The zero-order valence-corrected chi connectivity index (χ0v) is 38.6. The molecule has 0 saturated heterocycles. The molecule has 15 rings (SSSR count). The molecule has 0 atom stereocenters. The zero-order chi connectivity index (χ0) is 44.8. The SMILES string of the molecule is CC(C)(C)c1cc2c3cc4ccccc4cc3n3c4cc5c6cc(C(C)(C)C)cc7c8c9ccccc9cc(-c9ccc%10c(c9)c9ccccc9n%10-c9ccccc9)c8n(c5cc4c(c1)c23)c67. The Morgan fingerprint density at radius 2 is 0.821 bits per heavy atom. The summed E-state index contributed by atoms with van der Waals surface area (Å²) >= 11 is 0. The molecule has 67 heavy (non-hydrogen) atoms. The fourth-order valence-corrected chi connectivity index (χ4v) is 12.2. The van der Waals surface area contributed by atoms with Crippen LogP contribution in [0.2, 0.25) is 0 Å². The predicted molar refractivity (Wildman–Crippen MR) is 288 cm³/mol. The van der Waals surface area contributed by atoms with Crippen LogP contribution in [0.4, 0.5) is 0 Å². The van der Waals surface area contributed by atoms with Gasteiger partial charge < -0.3 is 13.4 Å². The van der Waals surface area contributed by atoms with Crippen molar-refractivity contribution in [2.24, 2.45) is 0 Å². The van der Waals surface area contributed by atoms with Crippen molar-refractivity contribution in [3.63, 3.8) is 0 Å². The zero-order valence-electron chi connectivity index (χ0n) is 38.6. The number of rotatable bonds is 2. The van der Waals surface area contributed by atoms with Gasteiger partial charge in [0.25, 0.3) is 0 Å². The highest BCUT2D eigenvalue weighted by atomic mass is 15.0.